The second-order valence-electron chi connectivity index (χ2n) is 3.73. The second-order valence-corrected chi connectivity index (χ2v) is 4.29. The van der Waals surface area contributed by atoms with E-state index in [1.807, 2.05) is 0 Å². The van der Waals surface area contributed by atoms with Gasteiger partial charge in [-0.3, -0.25) is 4.79 Å². The van der Waals surface area contributed by atoms with Gasteiger partial charge in [-0.05, 0) is 25.7 Å². The maximum atomic E-state index is 11.5. The van der Waals surface area contributed by atoms with Crippen LogP contribution in [-0.2, 0) is 4.79 Å². The molecule has 0 N–H and O–H groups in total. The Kier molecular flexibility index (Phi) is 1.92. The van der Waals surface area contributed by atoms with Crippen LogP contribution in [0, 0.1) is 11.8 Å². The third-order valence-corrected chi connectivity index (χ3v) is 3.59. The summed E-state index contributed by atoms with van der Waals surface area (Å²) >= 11 is 6.06. The summed E-state index contributed by atoms with van der Waals surface area (Å²) < 4.78 is 0. The van der Waals surface area contributed by atoms with E-state index in [1.54, 1.807) is 0 Å². The number of hydrogen-bond donors (Lipinski definition) is 0. The molecule has 2 rings (SSSR count). The highest BCUT2D eigenvalue weighted by molar-refractivity contribution is 6.22. The Morgan fingerprint density at radius 1 is 1.18 bits per heavy atom. The molecule has 2 aliphatic carbocycles. The van der Waals surface area contributed by atoms with E-state index in [9.17, 15) is 4.79 Å². The molecule has 0 saturated heterocycles. The number of rotatable bonds is 0. The van der Waals surface area contributed by atoms with Crippen molar-refractivity contribution in [2.75, 3.05) is 0 Å². The van der Waals surface area contributed by atoms with Crippen LogP contribution in [0.4, 0.5) is 0 Å². The molecule has 0 spiro atoms. The van der Waals surface area contributed by atoms with E-state index < -0.39 is 0 Å². The quantitative estimate of drug-likeness (QED) is 0.513. The zero-order valence-electron chi connectivity index (χ0n) is 6.55. The number of halogens is 1. The van der Waals surface area contributed by atoms with E-state index in [2.05, 4.69) is 0 Å². The van der Waals surface area contributed by atoms with Crippen molar-refractivity contribution < 1.29 is 4.79 Å². The van der Waals surface area contributed by atoms with E-state index >= 15 is 0 Å². The Morgan fingerprint density at radius 3 is 2.73 bits per heavy atom. The van der Waals surface area contributed by atoms with Crippen LogP contribution in [0.3, 0.4) is 0 Å². The van der Waals surface area contributed by atoms with Crippen molar-refractivity contribution in [2.24, 2.45) is 11.8 Å². The number of carbonyl (C=O) groups excluding carboxylic acids is 1. The average molecular weight is 173 g/mol. The van der Waals surface area contributed by atoms with Crippen molar-refractivity contribution in [1.29, 1.82) is 0 Å². The van der Waals surface area contributed by atoms with Gasteiger partial charge in [0.15, 0.2) is 0 Å². The molecule has 2 bridgehead atoms. The molecular weight excluding hydrogens is 160 g/mol. The molecule has 0 aromatic heterocycles. The van der Waals surface area contributed by atoms with E-state index in [0.29, 0.717) is 11.7 Å². The number of carbonyl (C=O) groups is 1. The zero-order chi connectivity index (χ0) is 7.84. The summed E-state index contributed by atoms with van der Waals surface area (Å²) in [4.78, 5) is 11.5. The molecule has 3 atom stereocenters. The Hall–Kier alpha value is -0.0400. The van der Waals surface area contributed by atoms with Crippen molar-refractivity contribution in [3.63, 3.8) is 0 Å². The third kappa shape index (κ3) is 1.20. The van der Waals surface area contributed by atoms with E-state index in [1.165, 1.54) is 6.42 Å². The van der Waals surface area contributed by atoms with Gasteiger partial charge < -0.3 is 0 Å². The Balaban J connectivity index is 2.16. The first-order valence-corrected chi connectivity index (χ1v) is 4.90. The molecular formula is C9H13ClO. The maximum Gasteiger partial charge on any atom is 0.140 e. The van der Waals surface area contributed by atoms with Crippen LogP contribution in [-0.4, -0.2) is 11.2 Å². The SMILES string of the molecule is O=C1[C@@H]2CCC[C@H]1[C@H](Cl)CC2. The molecule has 11 heavy (non-hydrogen) atoms. The summed E-state index contributed by atoms with van der Waals surface area (Å²) in [6, 6.07) is 0. The highest BCUT2D eigenvalue weighted by atomic mass is 35.5. The summed E-state index contributed by atoms with van der Waals surface area (Å²) in [5.41, 5.74) is 0. The number of Topliss-reactive ketones (excluding diaryl/α,β-unsaturated/α-hetero) is 1. The summed E-state index contributed by atoms with van der Waals surface area (Å²) in [5, 5.41) is 0.152. The van der Waals surface area contributed by atoms with Crippen molar-refractivity contribution in [1.82, 2.24) is 0 Å². The van der Waals surface area contributed by atoms with Gasteiger partial charge in [0.25, 0.3) is 0 Å². The van der Waals surface area contributed by atoms with Gasteiger partial charge in [-0.1, -0.05) is 6.42 Å². The van der Waals surface area contributed by atoms with E-state index in [4.69, 9.17) is 11.6 Å². The molecule has 62 valence electrons. The molecule has 2 aliphatic rings. The van der Waals surface area contributed by atoms with Gasteiger partial charge in [0.1, 0.15) is 5.78 Å². The first kappa shape index (κ1) is 7.60. The van der Waals surface area contributed by atoms with Crippen molar-refractivity contribution in [3.8, 4) is 0 Å². The number of ketones is 1. The van der Waals surface area contributed by atoms with Crippen LogP contribution in [0.15, 0.2) is 0 Å². The Morgan fingerprint density at radius 2 is 2.00 bits per heavy atom. The largest absolute Gasteiger partial charge is 0.299 e. The van der Waals surface area contributed by atoms with Crippen LogP contribution >= 0.6 is 11.6 Å². The first-order chi connectivity index (χ1) is 5.29. The van der Waals surface area contributed by atoms with E-state index in [0.717, 1.165) is 25.7 Å². The predicted molar refractivity (Wildman–Crippen MR) is 44.7 cm³/mol. The summed E-state index contributed by atoms with van der Waals surface area (Å²) in [6.45, 7) is 0. The molecule has 2 heteroatoms. The lowest BCUT2D eigenvalue weighted by atomic mass is 9.71. The van der Waals surface area contributed by atoms with Crippen LogP contribution in [0.25, 0.3) is 0 Å². The topological polar surface area (TPSA) is 17.1 Å². The van der Waals surface area contributed by atoms with Gasteiger partial charge in [0.05, 0.1) is 0 Å². The van der Waals surface area contributed by atoms with Gasteiger partial charge in [-0.15, -0.1) is 11.6 Å². The van der Waals surface area contributed by atoms with Crippen LogP contribution in [0.1, 0.15) is 32.1 Å². The fraction of sp³-hybridized carbons (Fsp3) is 0.889. The lowest BCUT2D eigenvalue weighted by Gasteiger charge is -2.35. The average Bonchev–Trinajstić information content (AvgIpc) is 1.98. The van der Waals surface area contributed by atoms with Crippen molar-refractivity contribution >= 4 is 17.4 Å². The summed E-state index contributed by atoms with van der Waals surface area (Å²) in [7, 11) is 0. The standard InChI is InChI=1S/C9H13ClO/c10-8-5-4-6-2-1-3-7(8)9(6)11/h6-8H,1-5H2/t6-,7+,8-/m1/s1. The van der Waals surface area contributed by atoms with Crippen LogP contribution < -0.4 is 0 Å². The predicted octanol–water partition coefficient (Wildman–Crippen LogP) is 2.37. The molecule has 2 fully saturated rings. The second kappa shape index (κ2) is 2.78. The Bertz CT molecular complexity index is 178. The first-order valence-electron chi connectivity index (χ1n) is 4.47. The minimum absolute atomic E-state index is 0.152. The smallest absolute Gasteiger partial charge is 0.140 e. The molecule has 0 unspecified atom stereocenters. The summed E-state index contributed by atoms with van der Waals surface area (Å²) in [6.07, 6.45) is 5.48. The minimum Gasteiger partial charge on any atom is -0.299 e. The maximum absolute atomic E-state index is 11.5. The van der Waals surface area contributed by atoms with Crippen LogP contribution in [0.5, 0.6) is 0 Å². The van der Waals surface area contributed by atoms with Gasteiger partial charge >= 0.3 is 0 Å². The zero-order valence-corrected chi connectivity index (χ0v) is 7.31. The summed E-state index contributed by atoms with van der Waals surface area (Å²) in [5.74, 6) is 1.05. The third-order valence-electron chi connectivity index (χ3n) is 3.06. The molecule has 2 saturated carbocycles. The van der Waals surface area contributed by atoms with Gasteiger partial charge in [-0.25, -0.2) is 0 Å². The monoisotopic (exact) mass is 172 g/mol. The van der Waals surface area contributed by atoms with Crippen LogP contribution in [0.2, 0.25) is 0 Å². The normalized spacial score (nSPS) is 44.1. The molecule has 0 amide bonds. The number of hydrogen-bond acceptors (Lipinski definition) is 1. The minimum atomic E-state index is 0.152. The van der Waals surface area contributed by atoms with Crippen molar-refractivity contribution in [2.45, 2.75) is 37.5 Å². The molecule has 1 nitrogen and oxygen atoms in total. The number of alkyl halides is 1. The Labute approximate surface area is 72.1 Å². The molecule has 0 heterocycles. The van der Waals surface area contributed by atoms with Gasteiger partial charge in [0, 0.05) is 17.2 Å². The molecule has 0 aliphatic heterocycles. The number of fused-ring (bicyclic) bond motifs is 2. The fourth-order valence-electron chi connectivity index (χ4n) is 2.38. The van der Waals surface area contributed by atoms with Gasteiger partial charge in [-0.2, -0.15) is 0 Å². The molecule has 0 aromatic rings. The lowest BCUT2D eigenvalue weighted by Crippen LogP contribution is -2.38. The van der Waals surface area contributed by atoms with Gasteiger partial charge in [0.2, 0.25) is 0 Å². The lowest BCUT2D eigenvalue weighted by molar-refractivity contribution is -0.131. The van der Waals surface area contributed by atoms with E-state index in [-0.39, 0.29) is 11.3 Å². The highest BCUT2D eigenvalue weighted by Gasteiger charge is 2.39. The fourth-order valence-corrected chi connectivity index (χ4v) is 2.75. The molecule has 0 aromatic carbocycles. The highest BCUT2D eigenvalue weighted by Crippen LogP contribution is 2.39. The molecule has 0 radical (unpaired) electrons. The van der Waals surface area contributed by atoms with Crippen molar-refractivity contribution in [3.05, 3.63) is 0 Å².